The van der Waals surface area contributed by atoms with Gasteiger partial charge in [-0.15, -0.1) is 0 Å². The fourth-order valence-electron chi connectivity index (χ4n) is 8.76. The molecule has 9 nitrogen and oxygen atoms in total. The molecule has 55 heavy (non-hydrogen) atoms. The average molecular weight is 762 g/mol. The fourth-order valence-corrected chi connectivity index (χ4v) is 11.8. The second-order valence-corrected chi connectivity index (χ2v) is 20.5. The predicted octanol–water partition coefficient (Wildman–Crippen LogP) is 5.08. The molecule has 0 bridgehead atoms. The molecule has 2 aliphatic rings. The summed E-state index contributed by atoms with van der Waals surface area (Å²) in [7, 11) is 0.113. The van der Waals surface area contributed by atoms with Gasteiger partial charge >= 0.3 is 11.9 Å². The Kier molecular flexibility index (Phi) is 10.6. The van der Waals surface area contributed by atoms with Gasteiger partial charge in [0.1, 0.15) is 45.0 Å². The fraction of sp³-hybridized carbons (Fsp3) is 0.378. The van der Waals surface area contributed by atoms with E-state index in [2.05, 4.69) is 69.6 Å². The Morgan fingerprint density at radius 1 is 0.836 bits per heavy atom. The molecular weight excluding hydrogens is 709 g/mol. The van der Waals surface area contributed by atoms with Crippen molar-refractivity contribution in [3.63, 3.8) is 0 Å². The van der Waals surface area contributed by atoms with E-state index in [1.54, 1.807) is 6.07 Å². The molecule has 1 atom stereocenters. The summed E-state index contributed by atoms with van der Waals surface area (Å²) in [6.07, 6.45) is 1.04. The molecule has 2 heterocycles. The summed E-state index contributed by atoms with van der Waals surface area (Å²) in [5.74, 6) is 0.279. The van der Waals surface area contributed by atoms with E-state index in [0.29, 0.717) is 17.2 Å². The molecule has 0 aromatic heterocycles. The number of esters is 2. The minimum Gasteiger partial charge on any atom is -0.507 e. The maximum atomic E-state index is 13.8. The zero-order valence-corrected chi connectivity index (χ0v) is 35.0. The highest BCUT2D eigenvalue weighted by molar-refractivity contribution is 7.01. The molecule has 0 fully saturated rings. The molecule has 10 heteroatoms. The van der Waals surface area contributed by atoms with Crippen LogP contribution in [0.3, 0.4) is 0 Å². The van der Waals surface area contributed by atoms with Gasteiger partial charge in [0.2, 0.25) is 5.36 Å². The van der Waals surface area contributed by atoms with Gasteiger partial charge in [0.05, 0.1) is 14.2 Å². The molecule has 0 spiro atoms. The summed E-state index contributed by atoms with van der Waals surface area (Å²) >= 11 is 0. The standard InChI is InChI=1S/C45H52N2O7Si/c1-12-47-37-22-39-36(21-35(37)29(5)23-45(47,6)7)42(33-15-13-30(17-26(33)2)44(51)46(24-40(48)52-8)25-41(49)53-9)34-16-14-31(20-38(34)55(39,10)11)54-32-18-27(3)43(50)28(4)19-32/h13-22,29H,12,23-25H2,1-11H3/p+1. The number of fused-ring (bicyclic) bond motifs is 3. The number of hydrogen-bond acceptors (Lipinski definition) is 7. The summed E-state index contributed by atoms with van der Waals surface area (Å²) in [4.78, 5) is 39.4. The first-order valence-electron chi connectivity index (χ1n) is 18.9. The normalized spacial score (nSPS) is 16.4. The minimum absolute atomic E-state index is 0.0101. The number of amides is 1. The van der Waals surface area contributed by atoms with Crippen molar-refractivity contribution in [3.05, 3.63) is 110 Å². The molecule has 6 rings (SSSR count). The molecule has 0 saturated carbocycles. The van der Waals surface area contributed by atoms with Crippen LogP contribution in [0.5, 0.6) is 17.2 Å². The van der Waals surface area contributed by atoms with Crippen LogP contribution in [0.4, 0.5) is 0 Å². The lowest BCUT2D eigenvalue weighted by Crippen LogP contribution is -2.65. The molecule has 1 amide bonds. The minimum atomic E-state index is -2.37. The molecule has 4 aromatic rings. The Morgan fingerprint density at radius 2 is 1.45 bits per heavy atom. The SMILES string of the molecule is CC[N+]1=c2cc3c(cc2C(C)CC1(C)C)=C(c1ccc(C(=O)N(CC(=O)OC)CC(=O)OC)cc1C)c1ccc(Oc2cc(C)c(O)c(C)c2)cc1[Si]3(C)C. The monoisotopic (exact) mass is 761 g/mol. The Labute approximate surface area is 324 Å². The van der Waals surface area contributed by atoms with Crippen molar-refractivity contribution in [2.75, 3.05) is 33.9 Å². The van der Waals surface area contributed by atoms with E-state index in [1.165, 1.54) is 40.7 Å². The summed E-state index contributed by atoms with van der Waals surface area (Å²) < 4.78 is 18.7. The number of rotatable bonds is 9. The van der Waals surface area contributed by atoms with Crippen molar-refractivity contribution in [2.24, 2.45) is 0 Å². The van der Waals surface area contributed by atoms with Crippen molar-refractivity contribution in [3.8, 4) is 17.2 Å². The quantitative estimate of drug-likeness (QED) is 0.144. The summed E-state index contributed by atoms with van der Waals surface area (Å²) in [5.41, 5.74) is 7.31. The topological polar surface area (TPSA) is 105 Å². The number of aromatic hydroxyl groups is 1. The predicted molar refractivity (Wildman–Crippen MR) is 218 cm³/mol. The van der Waals surface area contributed by atoms with Gasteiger partial charge in [-0.05, 0) is 139 Å². The van der Waals surface area contributed by atoms with Crippen LogP contribution < -0.4 is 30.3 Å². The van der Waals surface area contributed by atoms with Gasteiger partial charge in [0, 0.05) is 23.6 Å². The van der Waals surface area contributed by atoms with Crippen LogP contribution in [-0.4, -0.2) is 75.3 Å². The van der Waals surface area contributed by atoms with Gasteiger partial charge < -0.3 is 24.2 Å². The van der Waals surface area contributed by atoms with Gasteiger partial charge in [-0.3, -0.25) is 14.4 Å². The third-order valence-electron chi connectivity index (χ3n) is 11.5. The van der Waals surface area contributed by atoms with Gasteiger partial charge in [0.25, 0.3) is 5.91 Å². The molecule has 4 aromatic carbocycles. The van der Waals surface area contributed by atoms with Gasteiger partial charge in [0.15, 0.2) is 5.54 Å². The Hall–Kier alpha value is -5.22. The van der Waals surface area contributed by atoms with Crippen molar-refractivity contribution >= 4 is 41.9 Å². The number of ether oxygens (including phenoxy) is 3. The first kappa shape index (κ1) is 39.5. The van der Waals surface area contributed by atoms with Crippen molar-refractivity contribution in [2.45, 2.75) is 79.4 Å². The highest BCUT2D eigenvalue weighted by Gasteiger charge is 2.41. The van der Waals surface area contributed by atoms with Crippen LogP contribution in [0.25, 0.3) is 5.57 Å². The first-order valence-corrected chi connectivity index (χ1v) is 21.9. The van der Waals surface area contributed by atoms with E-state index >= 15 is 0 Å². The molecule has 1 unspecified atom stereocenters. The number of aryl methyl sites for hydroxylation is 3. The van der Waals surface area contributed by atoms with Gasteiger partial charge in [-0.1, -0.05) is 32.2 Å². The number of carbonyl (C=O) groups is 3. The number of nitrogens with zero attached hydrogens (tertiary/aromatic N) is 2. The maximum Gasteiger partial charge on any atom is 0.325 e. The van der Waals surface area contributed by atoms with E-state index in [0.717, 1.165) is 57.0 Å². The van der Waals surface area contributed by atoms with Gasteiger partial charge in [-0.2, -0.15) is 0 Å². The maximum absolute atomic E-state index is 13.8. The number of carbonyl (C=O) groups excluding carboxylic acids is 3. The van der Waals surface area contributed by atoms with E-state index in [1.807, 2.05) is 51.1 Å². The molecule has 288 valence electrons. The molecule has 0 saturated heterocycles. The largest absolute Gasteiger partial charge is 0.507 e. The second-order valence-electron chi connectivity index (χ2n) is 16.2. The third-order valence-corrected chi connectivity index (χ3v) is 15.1. The van der Waals surface area contributed by atoms with Crippen LogP contribution in [0.1, 0.15) is 83.8 Å². The summed E-state index contributed by atoms with van der Waals surface area (Å²) in [6.45, 7) is 19.9. The van der Waals surface area contributed by atoms with E-state index < -0.39 is 25.9 Å². The molecule has 1 N–H and O–H groups in total. The highest BCUT2D eigenvalue weighted by Crippen LogP contribution is 2.34. The lowest BCUT2D eigenvalue weighted by atomic mass is 9.82. The number of hydrogen-bond donors (Lipinski definition) is 1. The zero-order valence-electron chi connectivity index (χ0n) is 34.0. The molecular formula is C45H53N2O7Si+. The Bertz CT molecular complexity index is 2340. The third kappa shape index (κ3) is 7.20. The highest BCUT2D eigenvalue weighted by atomic mass is 28.3. The molecule has 0 radical (unpaired) electrons. The lowest BCUT2D eigenvalue weighted by molar-refractivity contribution is -0.144. The Balaban J connectivity index is 1.59. The zero-order chi connectivity index (χ0) is 40.1. The molecule has 0 aliphatic carbocycles. The first-order chi connectivity index (χ1) is 25.9. The number of benzene rings is 4. The van der Waals surface area contributed by atoms with Crippen LogP contribution >= 0.6 is 0 Å². The van der Waals surface area contributed by atoms with Crippen molar-refractivity contribution < 1.29 is 33.7 Å². The van der Waals surface area contributed by atoms with E-state index in [-0.39, 0.29) is 24.4 Å². The van der Waals surface area contributed by atoms with Crippen molar-refractivity contribution in [1.29, 1.82) is 0 Å². The Morgan fingerprint density at radius 3 is 2.04 bits per heavy atom. The second kappa shape index (κ2) is 14.8. The van der Waals surface area contributed by atoms with Crippen LogP contribution in [0.2, 0.25) is 13.1 Å². The van der Waals surface area contributed by atoms with Crippen LogP contribution in [0, 0.1) is 20.8 Å². The van der Waals surface area contributed by atoms with E-state index in [4.69, 9.17) is 14.2 Å². The number of phenols is 1. The smallest absolute Gasteiger partial charge is 0.325 e. The number of phenolic OH excluding ortho intramolecular Hbond substituents is 1. The number of methoxy groups -OCH3 is 2. The average Bonchev–Trinajstić information content (AvgIpc) is 3.13. The van der Waals surface area contributed by atoms with E-state index in [9.17, 15) is 19.5 Å². The summed E-state index contributed by atoms with van der Waals surface area (Å²) in [6, 6.07) is 20.6. The summed E-state index contributed by atoms with van der Waals surface area (Å²) in [5, 5.41) is 15.5. The van der Waals surface area contributed by atoms with Crippen LogP contribution in [0.15, 0.2) is 60.7 Å². The van der Waals surface area contributed by atoms with Crippen molar-refractivity contribution in [1.82, 2.24) is 9.48 Å². The molecule has 2 aliphatic heterocycles. The lowest BCUT2D eigenvalue weighted by Gasteiger charge is -2.36. The van der Waals surface area contributed by atoms with Gasteiger partial charge in [-0.25, -0.2) is 4.58 Å². The van der Waals surface area contributed by atoms with Crippen LogP contribution in [-0.2, 0) is 19.1 Å².